The fourth-order valence-electron chi connectivity index (χ4n) is 1.53. The second-order valence-electron chi connectivity index (χ2n) is 3.47. The van der Waals surface area contributed by atoms with Crippen LogP contribution in [0.5, 0.6) is 0 Å². The Kier molecular flexibility index (Phi) is 2.87. The van der Waals surface area contributed by atoms with Crippen molar-refractivity contribution in [3.8, 4) is 11.1 Å². The number of halogens is 2. The van der Waals surface area contributed by atoms with E-state index >= 15 is 0 Å². The lowest BCUT2D eigenvalue weighted by Crippen LogP contribution is -1.84. The molecule has 0 aliphatic rings. The van der Waals surface area contributed by atoms with Gasteiger partial charge in [-0.15, -0.1) is 0 Å². The average Bonchev–Trinajstić information content (AvgIpc) is 2.23. The fraction of sp³-hybridized carbons (Fsp3) is 0.0769. The highest BCUT2D eigenvalue weighted by Gasteiger charge is 2.02. The van der Waals surface area contributed by atoms with Crippen LogP contribution in [0.25, 0.3) is 11.1 Å². The van der Waals surface area contributed by atoms with Gasteiger partial charge in [-0.25, -0.2) is 4.39 Å². The van der Waals surface area contributed by atoms with Crippen molar-refractivity contribution < 1.29 is 4.39 Å². The lowest BCUT2D eigenvalue weighted by Gasteiger charge is -2.06. The highest BCUT2D eigenvalue weighted by atomic mass is 79.9. The fourth-order valence-corrected chi connectivity index (χ4v) is 1.80. The average molecular weight is 265 g/mol. The molecule has 0 saturated heterocycles. The monoisotopic (exact) mass is 264 g/mol. The van der Waals surface area contributed by atoms with Crippen LogP contribution in [0.2, 0.25) is 0 Å². The van der Waals surface area contributed by atoms with E-state index in [1.54, 1.807) is 12.1 Å². The molecule has 2 aromatic rings. The van der Waals surface area contributed by atoms with Crippen molar-refractivity contribution in [3.63, 3.8) is 0 Å². The van der Waals surface area contributed by atoms with Gasteiger partial charge in [-0.3, -0.25) is 0 Å². The lowest BCUT2D eigenvalue weighted by atomic mass is 10.0. The van der Waals surface area contributed by atoms with Crippen LogP contribution in [0.3, 0.4) is 0 Å². The normalized spacial score (nSPS) is 10.3. The van der Waals surface area contributed by atoms with E-state index in [-0.39, 0.29) is 5.82 Å². The molecule has 0 nitrogen and oxygen atoms in total. The molecule has 0 amide bonds. The third-order valence-corrected chi connectivity index (χ3v) is 2.88. The Morgan fingerprint density at radius 1 is 1.00 bits per heavy atom. The Morgan fingerprint density at radius 2 is 1.67 bits per heavy atom. The molecule has 76 valence electrons. The molecule has 2 aromatic carbocycles. The summed E-state index contributed by atoms with van der Waals surface area (Å²) in [5.41, 5.74) is 3.07. The van der Waals surface area contributed by atoms with Crippen LogP contribution >= 0.6 is 15.9 Å². The Balaban J connectivity index is 2.53. The van der Waals surface area contributed by atoms with Crippen molar-refractivity contribution >= 4 is 15.9 Å². The molecule has 0 N–H and O–H groups in total. The lowest BCUT2D eigenvalue weighted by molar-refractivity contribution is 0.628. The number of hydrogen-bond donors (Lipinski definition) is 0. The van der Waals surface area contributed by atoms with Crippen LogP contribution in [0.1, 0.15) is 5.56 Å². The molecule has 0 radical (unpaired) electrons. The maximum absolute atomic E-state index is 13.1. The van der Waals surface area contributed by atoms with Gasteiger partial charge in [-0.2, -0.15) is 0 Å². The van der Waals surface area contributed by atoms with Crippen LogP contribution in [-0.4, -0.2) is 0 Å². The van der Waals surface area contributed by atoms with E-state index in [1.165, 1.54) is 6.07 Å². The van der Waals surface area contributed by atoms with Gasteiger partial charge in [-0.1, -0.05) is 34.1 Å². The van der Waals surface area contributed by atoms with Gasteiger partial charge in [0.2, 0.25) is 0 Å². The Hall–Kier alpha value is -1.15. The van der Waals surface area contributed by atoms with E-state index in [0.717, 1.165) is 21.2 Å². The summed E-state index contributed by atoms with van der Waals surface area (Å²) in [6.07, 6.45) is 0. The predicted molar refractivity (Wildman–Crippen MR) is 64.3 cm³/mol. The van der Waals surface area contributed by atoms with Gasteiger partial charge in [0.25, 0.3) is 0 Å². The summed E-state index contributed by atoms with van der Waals surface area (Å²) in [7, 11) is 0. The summed E-state index contributed by atoms with van der Waals surface area (Å²) >= 11 is 3.38. The summed E-state index contributed by atoms with van der Waals surface area (Å²) in [6.45, 7) is 1.98. The molecule has 2 heteroatoms. The molecule has 2 rings (SSSR count). The molecule has 0 heterocycles. The molecule has 0 aromatic heterocycles. The smallest absolute Gasteiger partial charge is 0.123 e. The minimum atomic E-state index is -0.196. The van der Waals surface area contributed by atoms with Gasteiger partial charge in [0.1, 0.15) is 5.82 Å². The quantitative estimate of drug-likeness (QED) is 0.708. The Labute approximate surface area is 96.9 Å². The molecule has 0 fully saturated rings. The first-order valence-corrected chi connectivity index (χ1v) is 5.48. The van der Waals surface area contributed by atoms with Gasteiger partial charge in [-0.05, 0) is 47.9 Å². The Morgan fingerprint density at radius 3 is 2.33 bits per heavy atom. The molecular weight excluding hydrogens is 255 g/mol. The van der Waals surface area contributed by atoms with Crippen molar-refractivity contribution in [1.82, 2.24) is 0 Å². The molecule has 0 atom stereocenters. The summed E-state index contributed by atoms with van der Waals surface area (Å²) in [4.78, 5) is 0. The first-order chi connectivity index (χ1) is 7.16. The maximum atomic E-state index is 13.1. The van der Waals surface area contributed by atoms with Crippen molar-refractivity contribution in [3.05, 3.63) is 58.3 Å². The predicted octanol–water partition coefficient (Wildman–Crippen LogP) is 4.56. The zero-order valence-corrected chi connectivity index (χ0v) is 9.88. The Bertz CT molecular complexity index is 474. The molecule has 0 aliphatic heterocycles. The molecule has 0 unspecified atom stereocenters. The number of hydrogen-bond acceptors (Lipinski definition) is 0. The molecule has 15 heavy (non-hydrogen) atoms. The van der Waals surface area contributed by atoms with Crippen LogP contribution in [0.15, 0.2) is 46.9 Å². The third kappa shape index (κ3) is 2.26. The van der Waals surface area contributed by atoms with Crippen LogP contribution in [0.4, 0.5) is 4.39 Å². The van der Waals surface area contributed by atoms with E-state index in [2.05, 4.69) is 15.9 Å². The minimum Gasteiger partial charge on any atom is -0.207 e. The highest BCUT2D eigenvalue weighted by Crippen LogP contribution is 2.25. The van der Waals surface area contributed by atoms with Gasteiger partial charge < -0.3 is 0 Å². The molecule has 0 saturated carbocycles. The highest BCUT2D eigenvalue weighted by molar-refractivity contribution is 9.10. The van der Waals surface area contributed by atoms with Crippen molar-refractivity contribution in [2.45, 2.75) is 6.92 Å². The number of benzene rings is 2. The SMILES string of the molecule is Cc1ccc(F)cc1-c1ccc(Br)cc1. The van der Waals surface area contributed by atoms with E-state index in [0.29, 0.717) is 0 Å². The number of rotatable bonds is 1. The standard InChI is InChI=1S/C13H10BrF/c1-9-2-7-12(15)8-13(9)10-3-5-11(14)6-4-10/h2-8H,1H3. The minimum absolute atomic E-state index is 0.196. The summed E-state index contributed by atoms with van der Waals surface area (Å²) < 4.78 is 14.1. The molecule has 0 aliphatic carbocycles. The summed E-state index contributed by atoms with van der Waals surface area (Å²) in [5.74, 6) is -0.196. The van der Waals surface area contributed by atoms with E-state index < -0.39 is 0 Å². The van der Waals surface area contributed by atoms with Crippen molar-refractivity contribution in [2.75, 3.05) is 0 Å². The molecule has 0 bridgehead atoms. The largest absolute Gasteiger partial charge is 0.207 e. The van der Waals surface area contributed by atoms with Gasteiger partial charge in [0, 0.05) is 4.47 Å². The van der Waals surface area contributed by atoms with Crippen molar-refractivity contribution in [1.29, 1.82) is 0 Å². The van der Waals surface area contributed by atoms with Gasteiger partial charge in [0.05, 0.1) is 0 Å². The number of aryl methyl sites for hydroxylation is 1. The zero-order chi connectivity index (χ0) is 10.8. The van der Waals surface area contributed by atoms with Gasteiger partial charge >= 0.3 is 0 Å². The van der Waals surface area contributed by atoms with E-state index in [4.69, 9.17) is 0 Å². The summed E-state index contributed by atoms with van der Waals surface area (Å²) in [6, 6.07) is 12.7. The van der Waals surface area contributed by atoms with Crippen molar-refractivity contribution in [2.24, 2.45) is 0 Å². The van der Waals surface area contributed by atoms with Crippen LogP contribution in [0, 0.1) is 12.7 Å². The van der Waals surface area contributed by atoms with E-state index in [1.807, 2.05) is 31.2 Å². The third-order valence-electron chi connectivity index (χ3n) is 2.35. The second kappa shape index (κ2) is 4.15. The van der Waals surface area contributed by atoms with Gasteiger partial charge in [0.15, 0.2) is 0 Å². The van der Waals surface area contributed by atoms with E-state index in [9.17, 15) is 4.39 Å². The first-order valence-electron chi connectivity index (χ1n) is 4.69. The zero-order valence-electron chi connectivity index (χ0n) is 8.30. The summed E-state index contributed by atoms with van der Waals surface area (Å²) in [5, 5.41) is 0. The maximum Gasteiger partial charge on any atom is 0.123 e. The first kappa shape index (κ1) is 10.4. The van der Waals surface area contributed by atoms with Crippen LogP contribution < -0.4 is 0 Å². The van der Waals surface area contributed by atoms with Crippen LogP contribution in [-0.2, 0) is 0 Å². The molecular formula is C13H10BrF. The second-order valence-corrected chi connectivity index (χ2v) is 4.38. The molecule has 0 spiro atoms. The topological polar surface area (TPSA) is 0 Å².